The lowest BCUT2D eigenvalue weighted by Crippen LogP contribution is -2.47. The topological polar surface area (TPSA) is 81.0 Å². The van der Waals surface area contributed by atoms with Gasteiger partial charge < -0.3 is 9.30 Å². The number of amides is 1. The number of ether oxygens (including phenoxy) is 1. The summed E-state index contributed by atoms with van der Waals surface area (Å²) in [7, 11) is -2.20. The van der Waals surface area contributed by atoms with Crippen LogP contribution in [0.4, 0.5) is 0 Å². The summed E-state index contributed by atoms with van der Waals surface area (Å²) < 4.78 is 37.3. The Morgan fingerprint density at radius 3 is 2.81 bits per heavy atom. The zero-order chi connectivity index (χ0) is 22.9. The van der Waals surface area contributed by atoms with E-state index < -0.39 is 22.0 Å². The molecule has 1 atom stereocenters. The SMILES string of the molecule is COCCn1c(=NC(=O)C2CCCCN2S(=O)(=O)c2ccc(Cl)s2)sc2cc(Br)ccc21. The molecule has 0 bridgehead atoms. The molecule has 1 unspecified atom stereocenters. The molecule has 1 aliphatic rings. The summed E-state index contributed by atoms with van der Waals surface area (Å²) >= 11 is 11.8. The number of methoxy groups -OCH3 is 1. The molecule has 1 amide bonds. The molecule has 0 aliphatic carbocycles. The van der Waals surface area contributed by atoms with Crippen molar-refractivity contribution in [3.63, 3.8) is 0 Å². The number of hydrogen-bond acceptors (Lipinski definition) is 6. The van der Waals surface area contributed by atoms with E-state index in [4.69, 9.17) is 16.3 Å². The van der Waals surface area contributed by atoms with Crippen LogP contribution in [0.5, 0.6) is 0 Å². The second kappa shape index (κ2) is 10.0. The molecule has 4 rings (SSSR count). The lowest BCUT2D eigenvalue weighted by atomic mass is 10.0. The number of rotatable bonds is 6. The molecular weight excluding hydrogens is 558 g/mol. The fourth-order valence-corrected chi connectivity index (χ4v) is 8.57. The molecule has 1 saturated heterocycles. The van der Waals surface area contributed by atoms with Crippen LogP contribution in [-0.4, -0.2) is 49.5 Å². The van der Waals surface area contributed by atoms with Crippen molar-refractivity contribution in [1.29, 1.82) is 0 Å². The number of carbonyl (C=O) groups excluding carboxylic acids is 1. The van der Waals surface area contributed by atoms with Gasteiger partial charge in [-0.1, -0.05) is 45.3 Å². The van der Waals surface area contributed by atoms with Gasteiger partial charge in [0.15, 0.2) is 4.80 Å². The van der Waals surface area contributed by atoms with Gasteiger partial charge in [-0.05, 0) is 43.2 Å². The van der Waals surface area contributed by atoms with Gasteiger partial charge in [-0.25, -0.2) is 8.42 Å². The maximum Gasteiger partial charge on any atom is 0.266 e. The van der Waals surface area contributed by atoms with Crippen LogP contribution in [0.1, 0.15) is 19.3 Å². The Morgan fingerprint density at radius 2 is 2.09 bits per heavy atom. The van der Waals surface area contributed by atoms with Gasteiger partial charge in [0.25, 0.3) is 15.9 Å². The molecule has 2 aromatic heterocycles. The van der Waals surface area contributed by atoms with E-state index in [0.717, 1.165) is 32.4 Å². The number of halogens is 2. The standard InChI is InChI=1S/C20H21BrClN3O4S3/c1-29-11-10-24-14-6-5-13(21)12-16(14)30-20(24)23-19(26)15-4-2-3-9-25(15)32(27,28)18-8-7-17(22)31-18/h5-8,12,15H,2-4,9-11H2,1H3. The second-order valence-electron chi connectivity index (χ2n) is 7.28. The van der Waals surface area contributed by atoms with E-state index in [1.165, 1.54) is 21.7 Å². The van der Waals surface area contributed by atoms with Gasteiger partial charge in [-0.2, -0.15) is 9.30 Å². The zero-order valence-corrected chi connectivity index (χ0v) is 22.0. The summed E-state index contributed by atoms with van der Waals surface area (Å²) in [4.78, 5) is 18.2. The van der Waals surface area contributed by atoms with Gasteiger partial charge in [0.1, 0.15) is 10.3 Å². The number of nitrogens with zero attached hydrogens (tertiary/aromatic N) is 3. The Morgan fingerprint density at radius 1 is 1.28 bits per heavy atom. The van der Waals surface area contributed by atoms with Gasteiger partial charge in [-0.15, -0.1) is 11.3 Å². The number of fused-ring (bicyclic) bond motifs is 1. The number of aromatic nitrogens is 1. The summed E-state index contributed by atoms with van der Waals surface area (Å²) in [6.45, 7) is 1.28. The third-order valence-electron chi connectivity index (χ3n) is 5.22. The Labute approximate surface area is 207 Å². The predicted molar refractivity (Wildman–Crippen MR) is 131 cm³/mol. The number of carbonyl (C=O) groups is 1. The fourth-order valence-electron chi connectivity index (χ4n) is 3.69. The molecule has 3 aromatic rings. The molecule has 0 radical (unpaired) electrons. The smallest absolute Gasteiger partial charge is 0.266 e. The maximum absolute atomic E-state index is 13.3. The van der Waals surface area contributed by atoms with E-state index in [0.29, 0.717) is 35.1 Å². The van der Waals surface area contributed by atoms with Crippen molar-refractivity contribution in [2.24, 2.45) is 4.99 Å². The molecule has 1 aromatic carbocycles. The predicted octanol–water partition coefficient (Wildman–Crippen LogP) is 4.50. The van der Waals surface area contributed by atoms with E-state index in [1.54, 1.807) is 13.2 Å². The third kappa shape index (κ3) is 4.89. The average Bonchev–Trinajstić information content (AvgIpc) is 3.35. The van der Waals surface area contributed by atoms with Crippen molar-refractivity contribution in [1.82, 2.24) is 8.87 Å². The van der Waals surface area contributed by atoms with Crippen LogP contribution in [0.25, 0.3) is 10.2 Å². The molecule has 1 fully saturated rings. The molecule has 0 spiro atoms. The highest BCUT2D eigenvalue weighted by Gasteiger charge is 2.38. The van der Waals surface area contributed by atoms with E-state index in [2.05, 4.69) is 20.9 Å². The van der Waals surface area contributed by atoms with E-state index in [-0.39, 0.29) is 10.8 Å². The van der Waals surface area contributed by atoms with Gasteiger partial charge in [0, 0.05) is 24.7 Å². The summed E-state index contributed by atoms with van der Waals surface area (Å²) in [5, 5.41) is 0. The minimum absolute atomic E-state index is 0.143. The van der Waals surface area contributed by atoms with Crippen LogP contribution < -0.4 is 4.80 Å². The van der Waals surface area contributed by atoms with Crippen molar-refractivity contribution in [2.75, 3.05) is 20.3 Å². The lowest BCUT2D eigenvalue weighted by Gasteiger charge is -2.31. The Bertz CT molecular complexity index is 1320. The molecule has 172 valence electrons. The minimum atomic E-state index is -3.83. The largest absolute Gasteiger partial charge is 0.383 e. The van der Waals surface area contributed by atoms with Crippen molar-refractivity contribution in [3.8, 4) is 0 Å². The highest BCUT2D eigenvalue weighted by atomic mass is 79.9. The van der Waals surface area contributed by atoms with Gasteiger partial charge in [-0.3, -0.25) is 4.79 Å². The molecular formula is C20H21BrClN3O4S3. The first-order valence-electron chi connectivity index (χ1n) is 9.95. The normalized spacial score (nSPS) is 18.5. The van der Waals surface area contributed by atoms with Crippen molar-refractivity contribution in [3.05, 3.63) is 43.9 Å². The van der Waals surface area contributed by atoms with E-state index in [1.807, 2.05) is 22.8 Å². The van der Waals surface area contributed by atoms with Crippen molar-refractivity contribution < 1.29 is 17.9 Å². The Hall–Kier alpha value is -1.08. The highest BCUT2D eigenvalue weighted by molar-refractivity contribution is 9.10. The quantitative estimate of drug-likeness (QED) is 0.431. The first kappa shape index (κ1) is 24.1. The van der Waals surface area contributed by atoms with Gasteiger partial charge in [0.05, 0.1) is 21.2 Å². The summed E-state index contributed by atoms with van der Waals surface area (Å²) in [6.07, 6.45) is 1.91. The zero-order valence-electron chi connectivity index (χ0n) is 17.2. The van der Waals surface area contributed by atoms with Crippen LogP contribution in [0, 0.1) is 0 Å². The third-order valence-corrected chi connectivity index (χ3v) is 10.4. The monoisotopic (exact) mass is 577 g/mol. The number of thiazole rings is 1. The number of benzene rings is 1. The number of hydrogen-bond donors (Lipinski definition) is 0. The number of piperidine rings is 1. The summed E-state index contributed by atoms with van der Waals surface area (Å²) in [6, 6.07) is 8.09. The molecule has 7 nitrogen and oxygen atoms in total. The Balaban J connectivity index is 1.73. The fraction of sp³-hybridized carbons (Fsp3) is 0.400. The first-order chi connectivity index (χ1) is 15.3. The molecule has 0 N–H and O–H groups in total. The van der Waals surface area contributed by atoms with Crippen LogP contribution >= 0.6 is 50.2 Å². The van der Waals surface area contributed by atoms with Crippen LogP contribution in [-0.2, 0) is 26.1 Å². The number of sulfonamides is 1. The summed E-state index contributed by atoms with van der Waals surface area (Å²) in [5.74, 6) is -0.451. The van der Waals surface area contributed by atoms with Crippen LogP contribution in [0.3, 0.4) is 0 Å². The van der Waals surface area contributed by atoms with Crippen molar-refractivity contribution >= 4 is 76.4 Å². The van der Waals surface area contributed by atoms with E-state index in [9.17, 15) is 13.2 Å². The van der Waals surface area contributed by atoms with Gasteiger partial charge in [0.2, 0.25) is 0 Å². The summed E-state index contributed by atoms with van der Waals surface area (Å²) in [5.41, 5.74) is 0.947. The first-order valence-corrected chi connectivity index (χ1v) is 14.2. The van der Waals surface area contributed by atoms with Crippen LogP contribution in [0.15, 0.2) is 44.0 Å². The number of thiophene rings is 1. The lowest BCUT2D eigenvalue weighted by molar-refractivity contribution is -0.122. The van der Waals surface area contributed by atoms with Crippen LogP contribution in [0.2, 0.25) is 4.34 Å². The molecule has 12 heteroatoms. The van der Waals surface area contributed by atoms with Gasteiger partial charge >= 0.3 is 0 Å². The second-order valence-corrected chi connectivity index (χ2v) is 13.0. The van der Waals surface area contributed by atoms with Crippen molar-refractivity contribution in [2.45, 2.75) is 36.1 Å². The molecule has 0 saturated carbocycles. The molecule has 3 heterocycles. The molecule has 32 heavy (non-hydrogen) atoms. The highest BCUT2D eigenvalue weighted by Crippen LogP contribution is 2.32. The Kier molecular flexibility index (Phi) is 7.55. The molecule has 1 aliphatic heterocycles. The van der Waals surface area contributed by atoms with E-state index >= 15 is 0 Å². The minimum Gasteiger partial charge on any atom is -0.383 e. The maximum atomic E-state index is 13.3. The average molecular weight is 579 g/mol.